The van der Waals surface area contributed by atoms with E-state index in [1.54, 1.807) is 12.1 Å². The molecule has 0 saturated carbocycles. The number of likely N-dealkylation sites (tertiary alicyclic amines) is 1. The van der Waals surface area contributed by atoms with Gasteiger partial charge in [0.15, 0.2) is 0 Å². The molecule has 0 aliphatic carbocycles. The van der Waals surface area contributed by atoms with Crippen molar-refractivity contribution in [2.75, 3.05) is 19.7 Å². The zero-order valence-corrected chi connectivity index (χ0v) is 13.2. The number of β-amino-alcohol motifs (C(OH)–C–C–N with tert-alkyl or cyclic N) is 1. The fraction of sp³-hybridized carbons (Fsp3) is 0.389. The molecule has 3 rings (SSSR count). The molecule has 2 heterocycles. The van der Waals surface area contributed by atoms with E-state index < -0.39 is 5.60 Å². The highest BCUT2D eigenvalue weighted by molar-refractivity contribution is 5.22. The van der Waals surface area contributed by atoms with Crippen molar-refractivity contribution in [3.63, 3.8) is 0 Å². The Bertz CT molecular complexity index is 662. The molecule has 2 aromatic rings. The number of rotatable bonds is 5. The van der Waals surface area contributed by atoms with Crippen LogP contribution in [0.25, 0.3) is 0 Å². The van der Waals surface area contributed by atoms with Crippen molar-refractivity contribution in [1.29, 1.82) is 0 Å². The van der Waals surface area contributed by atoms with Gasteiger partial charge in [-0.15, -0.1) is 0 Å². The molecule has 1 aliphatic heterocycles. The average Bonchev–Trinajstić information content (AvgIpc) is 2.90. The summed E-state index contributed by atoms with van der Waals surface area (Å²) in [6.45, 7) is 4.23. The lowest BCUT2D eigenvalue weighted by Gasteiger charge is -2.23. The van der Waals surface area contributed by atoms with Gasteiger partial charge in [-0.1, -0.05) is 12.1 Å². The van der Waals surface area contributed by atoms with Crippen molar-refractivity contribution in [2.45, 2.75) is 25.5 Å². The number of benzene rings is 1. The number of hydrogen-bond donors (Lipinski definition) is 1. The Labute approximate surface area is 135 Å². The Kier molecular flexibility index (Phi) is 4.59. The van der Waals surface area contributed by atoms with Crippen LogP contribution in [0.5, 0.6) is 5.75 Å². The Morgan fingerprint density at radius 2 is 2.22 bits per heavy atom. The normalized spacial score (nSPS) is 21.5. The van der Waals surface area contributed by atoms with Crippen LogP contribution in [0.1, 0.15) is 17.7 Å². The Balaban J connectivity index is 1.54. The van der Waals surface area contributed by atoms with E-state index in [1.165, 1.54) is 12.1 Å². The SMILES string of the molecule is Cc1ccc(CN2CC[C@](O)(COc3cccc(F)c3)C2)cn1. The highest BCUT2D eigenvalue weighted by atomic mass is 19.1. The molecule has 1 atom stereocenters. The molecule has 0 unspecified atom stereocenters. The van der Waals surface area contributed by atoms with Crippen molar-refractivity contribution in [3.8, 4) is 5.75 Å². The molecule has 0 spiro atoms. The molecule has 4 nitrogen and oxygen atoms in total. The summed E-state index contributed by atoms with van der Waals surface area (Å²) >= 11 is 0. The van der Waals surface area contributed by atoms with Gasteiger partial charge in [0.05, 0.1) is 0 Å². The van der Waals surface area contributed by atoms with Gasteiger partial charge in [-0.2, -0.15) is 0 Å². The molecule has 0 amide bonds. The second-order valence-corrected chi connectivity index (χ2v) is 6.24. The minimum atomic E-state index is -0.898. The predicted octanol–water partition coefficient (Wildman–Crippen LogP) is 2.54. The quantitative estimate of drug-likeness (QED) is 0.921. The van der Waals surface area contributed by atoms with Crippen LogP contribution in [0.2, 0.25) is 0 Å². The van der Waals surface area contributed by atoms with Crippen LogP contribution in [-0.4, -0.2) is 40.3 Å². The summed E-state index contributed by atoms with van der Waals surface area (Å²) in [5, 5.41) is 10.6. The summed E-state index contributed by atoms with van der Waals surface area (Å²) in [6, 6.07) is 10.0. The number of hydrogen-bond acceptors (Lipinski definition) is 4. The summed E-state index contributed by atoms with van der Waals surface area (Å²) in [5.41, 5.74) is 1.23. The molecule has 1 fully saturated rings. The van der Waals surface area contributed by atoms with Crippen molar-refractivity contribution in [3.05, 3.63) is 59.7 Å². The number of aromatic nitrogens is 1. The van der Waals surface area contributed by atoms with Gasteiger partial charge in [-0.25, -0.2) is 4.39 Å². The smallest absolute Gasteiger partial charge is 0.126 e. The molecule has 0 bridgehead atoms. The van der Waals surface area contributed by atoms with E-state index in [0.29, 0.717) is 18.7 Å². The Morgan fingerprint density at radius 3 is 2.96 bits per heavy atom. The van der Waals surface area contributed by atoms with E-state index in [-0.39, 0.29) is 12.4 Å². The van der Waals surface area contributed by atoms with Crippen LogP contribution < -0.4 is 4.74 Å². The van der Waals surface area contributed by atoms with E-state index in [4.69, 9.17) is 4.74 Å². The fourth-order valence-corrected chi connectivity index (χ4v) is 2.82. The molecule has 23 heavy (non-hydrogen) atoms. The number of nitrogens with zero attached hydrogens (tertiary/aromatic N) is 2. The second kappa shape index (κ2) is 6.64. The molecule has 0 radical (unpaired) electrons. The van der Waals surface area contributed by atoms with Crippen molar-refractivity contribution in [2.24, 2.45) is 0 Å². The monoisotopic (exact) mass is 316 g/mol. The maximum absolute atomic E-state index is 13.1. The van der Waals surface area contributed by atoms with Gasteiger partial charge >= 0.3 is 0 Å². The zero-order chi connectivity index (χ0) is 16.3. The number of aliphatic hydroxyl groups is 1. The summed E-state index contributed by atoms with van der Waals surface area (Å²) in [7, 11) is 0. The van der Waals surface area contributed by atoms with E-state index in [1.807, 2.05) is 19.2 Å². The van der Waals surface area contributed by atoms with Crippen LogP contribution in [0.3, 0.4) is 0 Å². The van der Waals surface area contributed by atoms with E-state index >= 15 is 0 Å². The molecule has 5 heteroatoms. The summed E-state index contributed by atoms with van der Waals surface area (Å²) in [4.78, 5) is 6.47. The van der Waals surface area contributed by atoms with Crippen LogP contribution in [0, 0.1) is 12.7 Å². The topological polar surface area (TPSA) is 45.6 Å². The van der Waals surface area contributed by atoms with Gasteiger partial charge in [0.2, 0.25) is 0 Å². The van der Waals surface area contributed by atoms with E-state index in [9.17, 15) is 9.50 Å². The van der Waals surface area contributed by atoms with Gasteiger partial charge < -0.3 is 9.84 Å². The summed E-state index contributed by atoms with van der Waals surface area (Å²) in [5.74, 6) is 0.106. The summed E-state index contributed by atoms with van der Waals surface area (Å²) < 4.78 is 18.7. The third kappa shape index (κ3) is 4.27. The summed E-state index contributed by atoms with van der Waals surface area (Å²) in [6.07, 6.45) is 2.51. The van der Waals surface area contributed by atoms with E-state index in [0.717, 1.165) is 24.3 Å². The first kappa shape index (κ1) is 15.9. The van der Waals surface area contributed by atoms with Gasteiger partial charge in [-0.05, 0) is 37.1 Å². The standard InChI is InChI=1S/C18H21FN2O2/c1-14-5-6-15(10-20-14)11-21-8-7-18(22,12-21)13-23-17-4-2-3-16(19)9-17/h2-6,9-10,22H,7-8,11-13H2,1H3/t18-/m1/s1. The molecular weight excluding hydrogens is 295 g/mol. The molecule has 1 aliphatic rings. The number of ether oxygens (including phenoxy) is 1. The molecular formula is C18H21FN2O2. The molecule has 1 aromatic heterocycles. The van der Waals surface area contributed by atoms with Gasteiger partial charge in [0.1, 0.15) is 23.8 Å². The predicted molar refractivity (Wildman–Crippen MR) is 85.7 cm³/mol. The Morgan fingerprint density at radius 1 is 1.35 bits per heavy atom. The van der Waals surface area contributed by atoms with E-state index in [2.05, 4.69) is 16.0 Å². The van der Waals surface area contributed by atoms with Crippen LogP contribution >= 0.6 is 0 Å². The minimum absolute atomic E-state index is 0.166. The maximum Gasteiger partial charge on any atom is 0.126 e. The van der Waals surface area contributed by atoms with Gasteiger partial charge in [-0.3, -0.25) is 9.88 Å². The molecule has 122 valence electrons. The van der Waals surface area contributed by atoms with Crippen LogP contribution in [0.4, 0.5) is 4.39 Å². The first-order valence-electron chi connectivity index (χ1n) is 7.77. The largest absolute Gasteiger partial charge is 0.490 e. The lowest BCUT2D eigenvalue weighted by Crippen LogP contribution is -2.39. The highest BCUT2D eigenvalue weighted by Crippen LogP contribution is 2.24. The number of pyridine rings is 1. The average molecular weight is 316 g/mol. The third-order valence-corrected chi connectivity index (χ3v) is 4.09. The number of halogens is 1. The highest BCUT2D eigenvalue weighted by Gasteiger charge is 2.36. The van der Waals surface area contributed by atoms with Gasteiger partial charge in [0, 0.05) is 37.6 Å². The van der Waals surface area contributed by atoms with Crippen molar-refractivity contribution in [1.82, 2.24) is 9.88 Å². The lowest BCUT2D eigenvalue weighted by atomic mass is 10.1. The van der Waals surface area contributed by atoms with Crippen LogP contribution in [-0.2, 0) is 6.54 Å². The first-order valence-corrected chi connectivity index (χ1v) is 7.77. The van der Waals surface area contributed by atoms with Crippen LogP contribution in [0.15, 0.2) is 42.6 Å². The zero-order valence-electron chi connectivity index (χ0n) is 13.2. The molecule has 1 aromatic carbocycles. The second-order valence-electron chi connectivity index (χ2n) is 6.24. The first-order chi connectivity index (χ1) is 11.0. The third-order valence-electron chi connectivity index (χ3n) is 4.09. The Hall–Kier alpha value is -1.98. The molecule has 1 N–H and O–H groups in total. The fourth-order valence-electron chi connectivity index (χ4n) is 2.82. The van der Waals surface area contributed by atoms with Gasteiger partial charge in [0.25, 0.3) is 0 Å². The minimum Gasteiger partial charge on any atom is -0.490 e. The van der Waals surface area contributed by atoms with Crippen molar-refractivity contribution < 1.29 is 14.2 Å². The molecule has 1 saturated heterocycles. The maximum atomic E-state index is 13.1. The lowest BCUT2D eigenvalue weighted by molar-refractivity contribution is 0.00328. The number of aryl methyl sites for hydroxylation is 1. The van der Waals surface area contributed by atoms with Crippen molar-refractivity contribution >= 4 is 0 Å².